The molecule has 1 spiro atoms. The van der Waals surface area contributed by atoms with Gasteiger partial charge in [-0.15, -0.1) is 13.2 Å². The van der Waals surface area contributed by atoms with Gasteiger partial charge in [-0.3, -0.25) is 14.4 Å². The number of hydrogen-bond acceptors (Lipinski definition) is 6. The third-order valence-corrected chi connectivity index (χ3v) is 7.24. The average molecular weight is 449 g/mol. The summed E-state index contributed by atoms with van der Waals surface area (Å²) in [4.78, 5) is 43.8. The van der Waals surface area contributed by atoms with Crippen molar-refractivity contribution in [1.82, 2.24) is 9.80 Å². The average Bonchev–Trinajstić information content (AvgIpc) is 3.31. The second-order valence-electron chi connectivity index (χ2n) is 9.62. The lowest BCUT2D eigenvalue weighted by atomic mass is 9.66. The number of esters is 1. The van der Waals surface area contributed by atoms with Crippen LogP contribution >= 0.6 is 0 Å². The van der Waals surface area contributed by atoms with E-state index in [0.29, 0.717) is 25.8 Å². The zero-order valence-corrected chi connectivity index (χ0v) is 19.6. The number of aliphatic hydroxyl groups excluding tert-OH is 1. The van der Waals surface area contributed by atoms with Crippen LogP contribution in [0, 0.1) is 11.8 Å². The molecule has 0 aromatic heterocycles. The molecule has 3 fully saturated rings. The fraction of sp³-hybridized carbons (Fsp3) is 0.708. The zero-order valence-electron chi connectivity index (χ0n) is 19.6. The summed E-state index contributed by atoms with van der Waals surface area (Å²) in [5, 5.41) is 9.89. The van der Waals surface area contributed by atoms with E-state index in [0.717, 1.165) is 0 Å². The second-order valence-corrected chi connectivity index (χ2v) is 9.62. The van der Waals surface area contributed by atoms with Crippen LogP contribution in [0.5, 0.6) is 0 Å². The van der Waals surface area contributed by atoms with Gasteiger partial charge in [0.2, 0.25) is 11.8 Å². The van der Waals surface area contributed by atoms with E-state index in [-0.39, 0.29) is 31.1 Å². The van der Waals surface area contributed by atoms with Crippen molar-refractivity contribution in [3.05, 3.63) is 25.3 Å². The quantitative estimate of drug-likeness (QED) is 0.310. The fourth-order valence-electron chi connectivity index (χ4n) is 5.75. The summed E-state index contributed by atoms with van der Waals surface area (Å²) in [6, 6.07) is -1.63. The lowest BCUT2D eigenvalue weighted by molar-refractivity contribution is -0.162. The largest absolute Gasteiger partial charge is 0.465 e. The van der Waals surface area contributed by atoms with Crippen LogP contribution in [0.2, 0.25) is 0 Å². The normalized spacial score (nSPS) is 33.9. The molecule has 3 heterocycles. The van der Waals surface area contributed by atoms with Crippen molar-refractivity contribution in [2.45, 2.75) is 76.3 Å². The maximum Gasteiger partial charge on any atom is 0.312 e. The Bertz CT molecular complexity index is 797. The van der Waals surface area contributed by atoms with Gasteiger partial charge in [0.15, 0.2) is 0 Å². The lowest BCUT2D eigenvalue weighted by Crippen LogP contribution is -2.59. The predicted molar refractivity (Wildman–Crippen MR) is 118 cm³/mol. The topological polar surface area (TPSA) is 96.4 Å². The van der Waals surface area contributed by atoms with E-state index >= 15 is 0 Å². The molecule has 3 aliphatic rings. The summed E-state index contributed by atoms with van der Waals surface area (Å²) in [6.07, 6.45) is 4.86. The molecule has 2 bridgehead atoms. The van der Waals surface area contributed by atoms with Crippen LogP contribution in [0.4, 0.5) is 0 Å². The fourth-order valence-corrected chi connectivity index (χ4v) is 5.75. The number of aliphatic hydroxyl groups is 1. The number of fused-ring (bicyclic) bond motifs is 1. The van der Waals surface area contributed by atoms with E-state index in [1.165, 1.54) is 4.90 Å². The zero-order chi connectivity index (χ0) is 23.8. The van der Waals surface area contributed by atoms with E-state index in [1.54, 1.807) is 24.0 Å². The highest BCUT2D eigenvalue weighted by atomic mass is 16.6. The molecule has 3 saturated heterocycles. The molecule has 6 atom stereocenters. The van der Waals surface area contributed by atoms with Crippen LogP contribution in [-0.2, 0) is 23.9 Å². The number of amides is 2. The first-order valence-electron chi connectivity index (χ1n) is 11.4. The smallest absolute Gasteiger partial charge is 0.312 e. The molecule has 32 heavy (non-hydrogen) atoms. The van der Waals surface area contributed by atoms with Gasteiger partial charge in [0.05, 0.1) is 30.8 Å². The molecular weight excluding hydrogens is 412 g/mol. The van der Waals surface area contributed by atoms with E-state index in [1.807, 2.05) is 20.8 Å². The predicted octanol–water partition coefficient (Wildman–Crippen LogP) is 1.67. The number of likely N-dealkylation sites (tertiary alicyclic amines) is 1. The van der Waals surface area contributed by atoms with Crippen LogP contribution in [0.15, 0.2) is 25.3 Å². The van der Waals surface area contributed by atoms with Gasteiger partial charge in [-0.25, -0.2) is 0 Å². The maximum atomic E-state index is 13.9. The molecule has 3 rings (SSSR count). The summed E-state index contributed by atoms with van der Waals surface area (Å²) in [5.41, 5.74) is -2.00. The Morgan fingerprint density at radius 1 is 1.31 bits per heavy atom. The standard InChI is InChI=1S/C24H36N2O6/c1-7-9-13-31-22(30)18-17-20(28)26(16(5)14-27)19(21(29)25(12-8-2)15(3)4)24(17)11-10-23(18,6)32-24/h7-8,15-19,27H,1-2,9-14H2,3-6H3/t16-,17+,18+,19?,23-,24?/m1/s1. The van der Waals surface area contributed by atoms with E-state index in [9.17, 15) is 19.5 Å². The molecule has 178 valence electrons. The van der Waals surface area contributed by atoms with Crippen molar-refractivity contribution in [3.8, 4) is 0 Å². The van der Waals surface area contributed by atoms with Gasteiger partial charge in [-0.2, -0.15) is 0 Å². The number of carbonyl (C=O) groups excluding carboxylic acids is 3. The first kappa shape index (κ1) is 24.5. The molecule has 0 saturated carbocycles. The minimum absolute atomic E-state index is 0.119. The van der Waals surface area contributed by atoms with Crippen molar-refractivity contribution >= 4 is 17.8 Å². The summed E-state index contributed by atoms with van der Waals surface area (Å²) < 4.78 is 12.0. The van der Waals surface area contributed by atoms with Gasteiger partial charge in [0.1, 0.15) is 17.6 Å². The van der Waals surface area contributed by atoms with Gasteiger partial charge in [0, 0.05) is 12.6 Å². The summed E-state index contributed by atoms with van der Waals surface area (Å²) >= 11 is 0. The molecule has 8 heteroatoms. The molecule has 1 N–H and O–H groups in total. The maximum absolute atomic E-state index is 13.9. The van der Waals surface area contributed by atoms with Gasteiger partial charge in [0.25, 0.3) is 0 Å². The monoisotopic (exact) mass is 448 g/mol. The molecule has 0 aromatic rings. The molecule has 0 aromatic carbocycles. The molecule has 2 unspecified atom stereocenters. The number of nitrogens with zero attached hydrogens (tertiary/aromatic N) is 2. The number of carbonyl (C=O) groups is 3. The van der Waals surface area contributed by atoms with Crippen LogP contribution in [-0.4, -0.2) is 81.8 Å². The Labute approximate surface area is 190 Å². The van der Waals surface area contributed by atoms with Crippen LogP contribution in [0.25, 0.3) is 0 Å². The van der Waals surface area contributed by atoms with Crippen molar-refractivity contribution in [2.75, 3.05) is 19.8 Å². The van der Waals surface area contributed by atoms with Crippen molar-refractivity contribution < 1.29 is 29.0 Å². The molecular formula is C24H36N2O6. The highest BCUT2D eigenvalue weighted by Gasteiger charge is 2.78. The number of rotatable bonds is 10. The third kappa shape index (κ3) is 3.57. The molecule has 0 aliphatic carbocycles. The first-order valence-corrected chi connectivity index (χ1v) is 11.4. The van der Waals surface area contributed by atoms with Crippen molar-refractivity contribution in [1.29, 1.82) is 0 Å². The van der Waals surface area contributed by atoms with Gasteiger partial charge in [-0.1, -0.05) is 12.2 Å². The third-order valence-electron chi connectivity index (χ3n) is 7.24. The Morgan fingerprint density at radius 3 is 2.56 bits per heavy atom. The van der Waals surface area contributed by atoms with E-state index in [2.05, 4.69) is 13.2 Å². The van der Waals surface area contributed by atoms with Gasteiger partial charge >= 0.3 is 5.97 Å². The summed E-state index contributed by atoms with van der Waals surface area (Å²) in [6.45, 7) is 14.9. The van der Waals surface area contributed by atoms with Crippen LogP contribution < -0.4 is 0 Å². The van der Waals surface area contributed by atoms with Crippen LogP contribution in [0.3, 0.4) is 0 Å². The summed E-state index contributed by atoms with van der Waals surface area (Å²) in [5.74, 6) is -2.68. The highest BCUT2D eigenvalue weighted by molar-refractivity contribution is 5.98. The molecule has 2 amide bonds. The van der Waals surface area contributed by atoms with Crippen molar-refractivity contribution in [2.24, 2.45) is 11.8 Å². The first-order chi connectivity index (χ1) is 15.1. The Morgan fingerprint density at radius 2 is 2.00 bits per heavy atom. The minimum Gasteiger partial charge on any atom is -0.465 e. The van der Waals surface area contributed by atoms with Crippen LogP contribution in [0.1, 0.15) is 47.0 Å². The van der Waals surface area contributed by atoms with Crippen molar-refractivity contribution in [3.63, 3.8) is 0 Å². The summed E-state index contributed by atoms with van der Waals surface area (Å²) in [7, 11) is 0. The molecule has 3 aliphatic heterocycles. The Hall–Kier alpha value is -2.19. The number of hydrogen-bond donors (Lipinski definition) is 1. The minimum atomic E-state index is -1.12. The molecule has 0 radical (unpaired) electrons. The van der Waals surface area contributed by atoms with E-state index < -0.39 is 41.1 Å². The SMILES string of the molecule is C=CCCOC(=O)[C@@H]1[C@H]2C(=O)N([C@H](C)CO)C(C(=O)N(CC=C)C(C)C)C23CC[C@@]1(C)O3. The van der Waals surface area contributed by atoms with E-state index in [4.69, 9.17) is 9.47 Å². The Balaban J connectivity index is 2.06. The van der Waals surface area contributed by atoms with Gasteiger partial charge in [-0.05, 0) is 47.0 Å². The Kier molecular flexibility index (Phi) is 6.86. The lowest BCUT2D eigenvalue weighted by Gasteiger charge is -2.39. The second kappa shape index (κ2) is 8.98. The van der Waals surface area contributed by atoms with Gasteiger partial charge < -0.3 is 24.4 Å². The number of ether oxygens (including phenoxy) is 2. The molecule has 8 nitrogen and oxygen atoms in total. The highest BCUT2D eigenvalue weighted by Crippen LogP contribution is 2.63.